The Labute approximate surface area is 196 Å². The smallest absolute Gasteiger partial charge is 0.349 e. The van der Waals surface area contributed by atoms with Gasteiger partial charge in [0.05, 0.1) is 10.5 Å². The van der Waals surface area contributed by atoms with Crippen LogP contribution in [0.3, 0.4) is 0 Å². The standard InChI is InChI=1S/C19H18I2O7S/c1-10(2)13-8-15(11(3)7-16(13)29(24,25)26)28-17(22)9-27-19(23)12-5-4-6-14(20)18(12)21/h4-8,10H,9H2,1-3H3,(H,24,25,26). The van der Waals surface area contributed by atoms with Gasteiger partial charge in [-0.25, -0.2) is 9.59 Å². The van der Waals surface area contributed by atoms with E-state index in [4.69, 9.17) is 9.47 Å². The van der Waals surface area contributed by atoms with E-state index in [1.807, 2.05) is 28.7 Å². The third kappa shape index (κ3) is 6.12. The van der Waals surface area contributed by atoms with Crippen LogP contribution >= 0.6 is 45.2 Å². The Morgan fingerprint density at radius 1 is 1.17 bits per heavy atom. The highest BCUT2D eigenvalue weighted by molar-refractivity contribution is 14.1. The zero-order valence-corrected chi connectivity index (χ0v) is 20.9. The minimum atomic E-state index is -4.42. The molecule has 0 heterocycles. The molecule has 156 valence electrons. The molecule has 0 spiro atoms. The van der Waals surface area contributed by atoms with Gasteiger partial charge in [-0.15, -0.1) is 0 Å². The molecule has 0 amide bonds. The maximum Gasteiger partial charge on any atom is 0.349 e. The molecule has 0 aromatic heterocycles. The number of hydrogen-bond donors (Lipinski definition) is 1. The first-order valence-electron chi connectivity index (χ1n) is 8.35. The van der Waals surface area contributed by atoms with Crippen molar-refractivity contribution in [2.75, 3.05) is 6.61 Å². The van der Waals surface area contributed by atoms with Gasteiger partial charge in [0.15, 0.2) is 6.61 Å². The Morgan fingerprint density at radius 3 is 2.41 bits per heavy atom. The maximum atomic E-state index is 12.2. The zero-order valence-electron chi connectivity index (χ0n) is 15.7. The fourth-order valence-electron chi connectivity index (χ4n) is 2.48. The second-order valence-corrected chi connectivity index (χ2v) is 10.1. The minimum Gasteiger partial charge on any atom is -0.450 e. The third-order valence-electron chi connectivity index (χ3n) is 3.92. The second-order valence-electron chi connectivity index (χ2n) is 6.44. The lowest BCUT2D eigenvalue weighted by Gasteiger charge is -2.15. The molecule has 7 nitrogen and oxygen atoms in total. The van der Waals surface area contributed by atoms with Crippen LogP contribution in [0.4, 0.5) is 0 Å². The van der Waals surface area contributed by atoms with Gasteiger partial charge in [-0.3, -0.25) is 4.55 Å². The van der Waals surface area contributed by atoms with E-state index in [1.54, 1.807) is 32.9 Å². The molecule has 10 heteroatoms. The summed E-state index contributed by atoms with van der Waals surface area (Å²) in [4.78, 5) is 24.1. The number of carbonyl (C=O) groups is 2. The number of carbonyl (C=O) groups excluding carboxylic acids is 2. The second kappa shape index (κ2) is 9.71. The number of ether oxygens (including phenoxy) is 2. The van der Waals surface area contributed by atoms with Crippen molar-refractivity contribution in [3.05, 3.63) is 54.2 Å². The van der Waals surface area contributed by atoms with Crippen molar-refractivity contribution >= 4 is 67.2 Å². The number of esters is 2. The monoisotopic (exact) mass is 644 g/mol. The van der Waals surface area contributed by atoms with Gasteiger partial charge in [0.2, 0.25) is 0 Å². The van der Waals surface area contributed by atoms with Crippen LogP contribution in [-0.2, 0) is 19.6 Å². The van der Waals surface area contributed by atoms with Gasteiger partial charge in [-0.2, -0.15) is 8.42 Å². The Morgan fingerprint density at radius 2 is 1.83 bits per heavy atom. The Kier molecular flexibility index (Phi) is 8.04. The van der Waals surface area contributed by atoms with Gasteiger partial charge in [-0.05, 0) is 93.4 Å². The quantitative estimate of drug-likeness (QED) is 0.216. The van der Waals surface area contributed by atoms with Crippen LogP contribution in [0.5, 0.6) is 5.75 Å². The number of benzene rings is 2. The highest BCUT2D eigenvalue weighted by Crippen LogP contribution is 2.31. The molecule has 0 fully saturated rings. The van der Waals surface area contributed by atoms with Crippen molar-refractivity contribution in [2.24, 2.45) is 0 Å². The van der Waals surface area contributed by atoms with Crippen molar-refractivity contribution in [1.82, 2.24) is 0 Å². The van der Waals surface area contributed by atoms with Gasteiger partial charge in [0, 0.05) is 7.14 Å². The van der Waals surface area contributed by atoms with Crippen LogP contribution in [0.25, 0.3) is 0 Å². The molecular formula is C19H18I2O7S. The molecule has 0 saturated carbocycles. The number of halogens is 2. The highest BCUT2D eigenvalue weighted by atomic mass is 127. The van der Waals surface area contributed by atoms with Crippen LogP contribution in [-0.4, -0.2) is 31.5 Å². The summed E-state index contributed by atoms with van der Waals surface area (Å²) in [6, 6.07) is 7.80. The average molecular weight is 644 g/mol. The molecule has 2 rings (SSSR count). The van der Waals surface area contributed by atoms with Crippen molar-refractivity contribution in [3.63, 3.8) is 0 Å². The third-order valence-corrected chi connectivity index (χ3v) is 7.93. The molecule has 0 unspecified atom stereocenters. The summed E-state index contributed by atoms with van der Waals surface area (Å²) in [5.74, 6) is -1.57. The average Bonchev–Trinajstić information content (AvgIpc) is 2.62. The van der Waals surface area contributed by atoms with Crippen molar-refractivity contribution < 1.29 is 32.0 Å². The van der Waals surface area contributed by atoms with Crippen LogP contribution in [0.1, 0.15) is 41.3 Å². The maximum absolute atomic E-state index is 12.2. The first-order chi connectivity index (χ1) is 13.4. The first kappa shape index (κ1) is 24.0. The van der Waals surface area contributed by atoms with Crippen LogP contribution in [0.2, 0.25) is 0 Å². The van der Waals surface area contributed by atoms with Gasteiger partial charge < -0.3 is 9.47 Å². The summed E-state index contributed by atoms with van der Waals surface area (Å²) in [7, 11) is -4.42. The van der Waals surface area contributed by atoms with E-state index in [2.05, 4.69) is 22.6 Å². The lowest BCUT2D eigenvalue weighted by molar-refractivity contribution is -0.137. The molecule has 2 aromatic rings. The largest absolute Gasteiger partial charge is 0.450 e. The Balaban J connectivity index is 2.15. The molecule has 29 heavy (non-hydrogen) atoms. The van der Waals surface area contributed by atoms with Gasteiger partial charge >= 0.3 is 11.9 Å². The van der Waals surface area contributed by atoms with E-state index in [0.717, 1.165) is 7.14 Å². The van der Waals surface area contributed by atoms with Gasteiger partial charge in [-0.1, -0.05) is 19.9 Å². The fraction of sp³-hybridized carbons (Fsp3) is 0.263. The van der Waals surface area contributed by atoms with E-state index in [9.17, 15) is 22.6 Å². The summed E-state index contributed by atoms with van der Waals surface area (Å²) in [5.41, 5.74) is 1.00. The van der Waals surface area contributed by atoms with Crippen LogP contribution in [0, 0.1) is 14.1 Å². The molecule has 1 N–H and O–H groups in total. The molecule has 0 aliphatic carbocycles. The molecule has 0 aliphatic rings. The van der Waals surface area contributed by atoms with Crippen molar-refractivity contribution in [2.45, 2.75) is 31.6 Å². The lowest BCUT2D eigenvalue weighted by Crippen LogP contribution is -2.20. The topological polar surface area (TPSA) is 107 Å². The van der Waals surface area contributed by atoms with E-state index in [1.165, 1.54) is 12.1 Å². The van der Waals surface area contributed by atoms with Gasteiger partial charge in [0.1, 0.15) is 5.75 Å². The fourth-order valence-corrected chi connectivity index (χ4v) is 4.47. The molecule has 0 bridgehead atoms. The summed E-state index contributed by atoms with van der Waals surface area (Å²) in [5, 5.41) is 0. The predicted molar refractivity (Wildman–Crippen MR) is 123 cm³/mol. The molecule has 0 saturated heterocycles. The molecule has 0 aliphatic heterocycles. The Hall–Kier alpha value is -1.25. The van der Waals surface area contributed by atoms with Crippen LogP contribution < -0.4 is 4.74 Å². The first-order valence-corrected chi connectivity index (χ1v) is 12.0. The lowest BCUT2D eigenvalue weighted by atomic mass is 10.0. The molecular weight excluding hydrogens is 626 g/mol. The van der Waals surface area contributed by atoms with Crippen molar-refractivity contribution in [3.8, 4) is 5.75 Å². The molecule has 0 radical (unpaired) electrons. The van der Waals surface area contributed by atoms with E-state index in [0.29, 0.717) is 16.7 Å². The van der Waals surface area contributed by atoms with Crippen molar-refractivity contribution in [1.29, 1.82) is 0 Å². The van der Waals surface area contributed by atoms with Crippen LogP contribution in [0.15, 0.2) is 35.2 Å². The van der Waals surface area contributed by atoms with E-state index in [-0.39, 0.29) is 16.6 Å². The Bertz CT molecular complexity index is 1060. The molecule has 0 atom stereocenters. The minimum absolute atomic E-state index is 0.131. The predicted octanol–water partition coefficient (Wildman–Crippen LogP) is 4.34. The highest BCUT2D eigenvalue weighted by Gasteiger charge is 2.22. The summed E-state index contributed by atoms with van der Waals surface area (Å²) in [6.07, 6.45) is 0. The number of rotatable bonds is 6. The number of aryl methyl sites for hydroxylation is 1. The summed E-state index contributed by atoms with van der Waals surface area (Å²) < 4.78 is 44.5. The van der Waals surface area contributed by atoms with Gasteiger partial charge in [0.25, 0.3) is 10.1 Å². The SMILES string of the molecule is Cc1cc(S(=O)(=O)O)c(C(C)C)cc1OC(=O)COC(=O)c1cccc(I)c1I. The number of hydrogen-bond acceptors (Lipinski definition) is 6. The molecule has 2 aromatic carbocycles. The zero-order chi connectivity index (χ0) is 21.9. The normalized spacial score (nSPS) is 11.4. The van der Waals surface area contributed by atoms with E-state index < -0.39 is 28.7 Å². The summed E-state index contributed by atoms with van der Waals surface area (Å²) in [6.45, 7) is 4.43. The van der Waals surface area contributed by atoms with E-state index >= 15 is 0 Å². The summed E-state index contributed by atoms with van der Waals surface area (Å²) >= 11 is 4.12.